The Labute approximate surface area is 123 Å². The molecule has 2 amide bonds. The van der Waals surface area contributed by atoms with Crippen molar-refractivity contribution >= 4 is 18.0 Å². The number of carboxylic acid groups (broad SMARTS) is 1. The molecule has 0 aromatic heterocycles. The van der Waals surface area contributed by atoms with E-state index in [0.29, 0.717) is 0 Å². The first-order chi connectivity index (χ1) is 9.51. The number of nitrogens with zero attached hydrogens (tertiary/aromatic N) is 1. The Hall–Kier alpha value is -2.25. The second kappa shape index (κ2) is 8.13. The number of amides is 2. The Balaban J connectivity index is 4.28. The number of aliphatic carboxylic acids is 1. The zero-order chi connectivity index (χ0) is 16.6. The van der Waals surface area contributed by atoms with E-state index >= 15 is 0 Å². The number of alkyl carbamates (subject to hydrolysis) is 1. The summed E-state index contributed by atoms with van der Waals surface area (Å²) < 4.78 is 4.99. The van der Waals surface area contributed by atoms with Crippen molar-refractivity contribution in [2.45, 2.75) is 32.8 Å². The second-order valence-electron chi connectivity index (χ2n) is 5.39. The molecular weight excluding hydrogens is 280 g/mol. The van der Waals surface area contributed by atoms with Crippen LogP contribution >= 0.6 is 0 Å². The summed E-state index contributed by atoms with van der Waals surface area (Å²) in [7, 11) is 0. The van der Waals surface area contributed by atoms with Gasteiger partial charge in [-0.15, -0.1) is 0 Å². The molecule has 0 heterocycles. The van der Waals surface area contributed by atoms with Crippen molar-refractivity contribution in [2.24, 2.45) is 0 Å². The number of aliphatic hydroxyl groups excluding tert-OH is 1. The minimum absolute atomic E-state index is 0.00176. The molecule has 0 radical (unpaired) electrons. The van der Waals surface area contributed by atoms with Crippen LogP contribution in [-0.2, 0) is 14.3 Å². The molecule has 0 unspecified atom stereocenters. The molecule has 0 bridgehead atoms. The number of hydrogen-bond donors (Lipinski definition) is 3. The Bertz CT molecular complexity index is 397. The van der Waals surface area contributed by atoms with E-state index in [9.17, 15) is 14.4 Å². The number of carbonyl (C=O) groups is 3. The molecule has 8 nitrogen and oxygen atoms in total. The first-order valence-corrected chi connectivity index (χ1v) is 6.34. The van der Waals surface area contributed by atoms with Crippen LogP contribution in [0.2, 0.25) is 0 Å². The van der Waals surface area contributed by atoms with Crippen LogP contribution in [-0.4, -0.2) is 58.3 Å². The van der Waals surface area contributed by atoms with Gasteiger partial charge in [-0.2, -0.15) is 0 Å². The van der Waals surface area contributed by atoms with Gasteiger partial charge in [-0.25, -0.2) is 4.79 Å². The largest absolute Gasteiger partial charge is 0.511 e. The average molecular weight is 302 g/mol. The van der Waals surface area contributed by atoms with Gasteiger partial charge in [0.15, 0.2) is 0 Å². The lowest BCUT2D eigenvalue weighted by Crippen LogP contribution is -2.39. The fraction of sp³-hybridized carbons (Fsp3) is 0.615. The minimum atomic E-state index is -1.20. The van der Waals surface area contributed by atoms with Gasteiger partial charge in [0, 0.05) is 13.0 Å². The predicted molar refractivity (Wildman–Crippen MR) is 74.8 cm³/mol. The molecule has 8 heteroatoms. The van der Waals surface area contributed by atoms with Crippen molar-refractivity contribution in [3.63, 3.8) is 0 Å². The van der Waals surface area contributed by atoms with Gasteiger partial charge in [0.1, 0.15) is 17.9 Å². The van der Waals surface area contributed by atoms with Gasteiger partial charge in [-0.05, 0) is 20.8 Å². The summed E-state index contributed by atoms with van der Waals surface area (Å²) in [6, 6.07) is 0. The molecule has 0 aliphatic rings. The standard InChI is InChI=1S/C13H22N2O6/c1-9(16)7-15(8-11(18)19)10(17)5-6-14-12(20)21-13(2,3)4/h16H,1,5-8H2,2-4H3,(H,14,20)(H,18,19). The summed E-state index contributed by atoms with van der Waals surface area (Å²) in [5, 5.41) is 20.1. The monoisotopic (exact) mass is 302 g/mol. The zero-order valence-electron chi connectivity index (χ0n) is 12.5. The van der Waals surface area contributed by atoms with Crippen LogP contribution in [0, 0.1) is 0 Å². The minimum Gasteiger partial charge on any atom is -0.511 e. The lowest BCUT2D eigenvalue weighted by molar-refractivity contribution is -0.144. The number of carboxylic acids is 1. The SMILES string of the molecule is C=C(O)CN(CC(=O)O)C(=O)CCNC(=O)OC(C)(C)C. The molecule has 0 saturated heterocycles. The predicted octanol–water partition coefficient (Wildman–Crippen LogP) is 0.886. The highest BCUT2D eigenvalue weighted by molar-refractivity contribution is 5.82. The van der Waals surface area contributed by atoms with E-state index in [-0.39, 0.29) is 25.3 Å². The molecule has 0 spiro atoms. The highest BCUT2D eigenvalue weighted by Crippen LogP contribution is 2.06. The maximum Gasteiger partial charge on any atom is 0.407 e. The van der Waals surface area contributed by atoms with Crippen LogP contribution in [0.15, 0.2) is 12.3 Å². The van der Waals surface area contributed by atoms with E-state index in [1.807, 2.05) is 0 Å². The van der Waals surface area contributed by atoms with Gasteiger partial charge in [-0.3, -0.25) is 9.59 Å². The van der Waals surface area contributed by atoms with Gasteiger partial charge < -0.3 is 25.2 Å². The van der Waals surface area contributed by atoms with Crippen molar-refractivity contribution in [1.82, 2.24) is 10.2 Å². The smallest absolute Gasteiger partial charge is 0.407 e. The molecular formula is C13H22N2O6. The van der Waals surface area contributed by atoms with Gasteiger partial charge in [0.05, 0.1) is 6.54 Å². The highest BCUT2D eigenvalue weighted by Gasteiger charge is 2.19. The summed E-state index contributed by atoms with van der Waals surface area (Å²) >= 11 is 0. The molecule has 120 valence electrons. The van der Waals surface area contributed by atoms with Crippen LogP contribution in [0.5, 0.6) is 0 Å². The quantitative estimate of drug-likeness (QED) is 0.601. The molecule has 21 heavy (non-hydrogen) atoms. The number of ether oxygens (including phenoxy) is 1. The molecule has 0 atom stereocenters. The Morgan fingerprint density at radius 3 is 2.19 bits per heavy atom. The maximum atomic E-state index is 11.8. The molecule has 0 aromatic carbocycles. The topological polar surface area (TPSA) is 116 Å². The molecule has 0 aliphatic carbocycles. The van der Waals surface area contributed by atoms with Crippen molar-refractivity contribution < 1.29 is 29.3 Å². The summed E-state index contributed by atoms with van der Waals surface area (Å²) in [6.45, 7) is 7.52. The summed E-state index contributed by atoms with van der Waals surface area (Å²) in [5.41, 5.74) is -0.641. The van der Waals surface area contributed by atoms with Crippen LogP contribution < -0.4 is 5.32 Å². The molecule has 0 rings (SSSR count). The average Bonchev–Trinajstić information content (AvgIpc) is 2.23. The third-order valence-corrected chi connectivity index (χ3v) is 2.06. The molecule has 0 fully saturated rings. The molecule has 0 saturated carbocycles. The fourth-order valence-electron chi connectivity index (χ4n) is 1.36. The van der Waals surface area contributed by atoms with Crippen LogP contribution in [0.4, 0.5) is 4.79 Å². The van der Waals surface area contributed by atoms with E-state index in [1.165, 1.54) is 0 Å². The van der Waals surface area contributed by atoms with Gasteiger partial charge in [0.25, 0.3) is 0 Å². The highest BCUT2D eigenvalue weighted by atomic mass is 16.6. The van der Waals surface area contributed by atoms with Crippen molar-refractivity contribution in [3.05, 3.63) is 12.3 Å². The first-order valence-electron chi connectivity index (χ1n) is 6.34. The Kier molecular flexibility index (Phi) is 7.26. The lowest BCUT2D eigenvalue weighted by Gasteiger charge is -2.21. The summed E-state index contributed by atoms with van der Waals surface area (Å²) in [5.74, 6) is -2.04. The van der Waals surface area contributed by atoms with Crippen molar-refractivity contribution in [3.8, 4) is 0 Å². The van der Waals surface area contributed by atoms with E-state index < -0.39 is 30.1 Å². The van der Waals surface area contributed by atoms with Crippen LogP contribution in [0.3, 0.4) is 0 Å². The van der Waals surface area contributed by atoms with Crippen LogP contribution in [0.1, 0.15) is 27.2 Å². The van der Waals surface area contributed by atoms with Gasteiger partial charge in [-0.1, -0.05) is 6.58 Å². The van der Waals surface area contributed by atoms with E-state index in [0.717, 1.165) is 4.90 Å². The lowest BCUT2D eigenvalue weighted by atomic mass is 10.2. The Morgan fingerprint density at radius 2 is 1.76 bits per heavy atom. The second-order valence-corrected chi connectivity index (χ2v) is 5.39. The molecule has 0 aliphatic heterocycles. The summed E-state index contributed by atoms with van der Waals surface area (Å²) in [4.78, 5) is 34.7. The van der Waals surface area contributed by atoms with E-state index in [1.54, 1.807) is 20.8 Å². The zero-order valence-corrected chi connectivity index (χ0v) is 12.5. The number of carbonyl (C=O) groups excluding carboxylic acids is 2. The van der Waals surface area contributed by atoms with Crippen LogP contribution in [0.25, 0.3) is 0 Å². The number of nitrogens with one attached hydrogen (secondary N) is 1. The van der Waals surface area contributed by atoms with Gasteiger partial charge >= 0.3 is 12.1 Å². The third-order valence-electron chi connectivity index (χ3n) is 2.06. The van der Waals surface area contributed by atoms with E-state index in [2.05, 4.69) is 11.9 Å². The van der Waals surface area contributed by atoms with Crippen molar-refractivity contribution in [1.29, 1.82) is 0 Å². The maximum absolute atomic E-state index is 11.8. The fourth-order valence-corrected chi connectivity index (χ4v) is 1.36. The first kappa shape index (κ1) is 18.8. The molecule has 3 N–H and O–H groups in total. The summed E-state index contributed by atoms with van der Waals surface area (Å²) in [6.07, 6.45) is -0.772. The normalized spacial score (nSPS) is 10.6. The van der Waals surface area contributed by atoms with Crippen molar-refractivity contribution in [2.75, 3.05) is 19.6 Å². The molecule has 0 aromatic rings. The number of hydrogen-bond acceptors (Lipinski definition) is 5. The number of rotatable bonds is 7. The number of aliphatic hydroxyl groups is 1. The van der Waals surface area contributed by atoms with E-state index in [4.69, 9.17) is 14.9 Å². The third kappa shape index (κ3) is 10.2. The van der Waals surface area contributed by atoms with Gasteiger partial charge in [0.2, 0.25) is 5.91 Å². The Morgan fingerprint density at radius 1 is 1.19 bits per heavy atom.